The third-order valence-corrected chi connectivity index (χ3v) is 12.5. The summed E-state index contributed by atoms with van der Waals surface area (Å²) >= 11 is 0. The second-order valence-electron chi connectivity index (χ2n) is 17.7. The van der Waals surface area contributed by atoms with Gasteiger partial charge in [-0.25, -0.2) is 23.2 Å². The molecule has 0 radical (unpaired) electrons. The number of fused-ring (bicyclic) bond motifs is 5. The number of alkyl carbamates (subject to hydrolysis) is 1. The Morgan fingerprint density at radius 2 is 1.72 bits per heavy atom. The number of aliphatic hydroxyl groups is 3. The summed E-state index contributed by atoms with van der Waals surface area (Å²) in [6, 6.07) is 3.21. The molecule has 1 aromatic rings. The Kier molecular flexibility index (Phi) is 13.1. The standard InChI is InChI=1S/C42H55F2NO16/c1-11-26(48)58-30-27-19(2)23(57-36(52)29(49)28(34(43)44)45-37(53)61-38(4,5)6)17-42(54,39(27,7)8)33(59-35(51)21-13-12-14-22(15-21)55-10)31-40(9,32(30)50)24(47)16-25-41(31,18-56-25)60-20(3)46/h12-15,23-25,28-31,33-34,47,49,54H,11,16-18H2,1-10H3,(H,45,53)/t23-,24-,25+,28+,29+,30+,31-,33-,40+,41-,42+/m0/s1. The van der Waals surface area contributed by atoms with E-state index in [9.17, 15) is 48.1 Å². The van der Waals surface area contributed by atoms with Crippen molar-refractivity contribution in [1.82, 2.24) is 5.32 Å². The van der Waals surface area contributed by atoms with Crippen molar-refractivity contribution in [3.63, 3.8) is 0 Å². The Labute approximate surface area is 351 Å². The average Bonchev–Trinajstić information content (AvgIpc) is 3.16. The monoisotopic (exact) mass is 867 g/mol. The van der Waals surface area contributed by atoms with Crippen LogP contribution >= 0.6 is 0 Å². The zero-order valence-corrected chi connectivity index (χ0v) is 35.7. The zero-order chi connectivity index (χ0) is 45.8. The molecule has 4 N–H and O–H groups in total. The maximum Gasteiger partial charge on any atom is 0.408 e. The molecule has 2 bridgehead atoms. The summed E-state index contributed by atoms with van der Waals surface area (Å²) in [5.41, 5.74) is -9.79. The lowest BCUT2D eigenvalue weighted by Crippen LogP contribution is -2.82. The van der Waals surface area contributed by atoms with Crippen molar-refractivity contribution in [2.24, 2.45) is 16.7 Å². The fourth-order valence-corrected chi connectivity index (χ4v) is 9.32. The van der Waals surface area contributed by atoms with Gasteiger partial charge in [0.25, 0.3) is 6.43 Å². The van der Waals surface area contributed by atoms with Gasteiger partial charge in [0.2, 0.25) is 0 Å². The number of rotatable bonds is 11. The number of esters is 4. The van der Waals surface area contributed by atoms with Gasteiger partial charge in [-0.05, 0) is 64.0 Å². The molecule has 0 spiro atoms. The summed E-state index contributed by atoms with van der Waals surface area (Å²) in [5, 5.41) is 38.4. The van der Waals surface area contributed by atoms with Gasteiger partial charge in [0, 0.05) is 31.6 Å². The van der Waals surface area contributed by atoms with Crippen molar-refractivity contribution < 1.29 is 86.0 Å². The minimum Gasteiger partial charge on any atom is -0.497 e. The maximum atomic E-state index is 15.5. The summed E-state index contributed by atoms with van der Waals surface area (Å²) in [6.45, 7) is 12.1. The first-order valence-corrected chi connectivity index (χ1v) is 19.9. The van der Waals surface area contributed by atoms with E-state index in [-0.39, 0.29) is 35.3 Å². The molecular weight excluding hydrogens is 812 g/mol. The predicted molar refractivity (Wildman–Crippen MR) is 205 cm³/mol. The summed E-state index contributed by atoms with van der Waals surface area (Å²) < 4.78 is 68.7. The van der Waals surface area contributed by atoms with Gasteiger partial charge < -0.3 is 53.8 Å². The lowest BCUT2D eigenvalue weighted by Gasteiger charge is -2.67. The third-order valence-electron chi connectivity index (χ3n) is 12.5. The first kappa shape index (κ1) is 47.3. The van der Waals surface area contributed by atoms with Crippen LogP contribution in [0.5, 0.6) is 5.75 Å². The number of carbonyl (C=O) groups excluding carboxylic acids is 6. The van der Waals surface area contributed by atoms with Gasteiger partial charge in [0.1, 0.15) is 41.3 Å². The van der Waals surface area contributed by atoms with E-state index in [0.29, 0.717) is 0 Å². The molecule has 2 saturated carbocycles. The van der Waals surface area contributed by atoms with E-state index >= 15 is 4.79 Å². The number of ether oxygens (including phenoxy) is 7. The smallest absolute Gasteiger partial charge is 0.408 e. The SMILES string of the molecule is CCC(=O)O[C@H]1C(=O)[C@@]2(C)[C@H]([C@H](OC(=O)c3cccc(OC)c3)[C@]3(O)C[C@H](OC(=O)[C@H](O)[C@@H](NC(=O)OC(C)(C)C)C(F)F)C(C)=C1C3(C)C)[C@]1(OC(C)=O)CO[C@@H]1C[C@@H]2O. The van der Waals surface area contributed by atoms with Crippen LogP contribution in [0.1, 0.15) is 91.9 Å². The quantitative estimate of drug-likeness (QED) is 0.142. The Morgan fingerprint density at radius 3 is 2.26 bits per heavy atom. The number of alkyl halides is 2. The van der Waals surface area contributed by atoms with Crippen LogP contribution in [0.15, 0.2) is 35.4 Å². The van der Waals surface area contributed by atoms with Crippen molar-refractivity contribution in [3.05, 3.63) is 41.0 Å². The summed E-state index contributed by atoms with van der Waals surface area (Å²) in [7, 11) is 1.36. The number of hydrogen-bond donors (Lipinski definition) is 4. The second-order valence-corrected chi connectivity index (χ2v) is 17.7. The van der Waals surface area contributed by atoms with E-state index < -0.39 is 131 Å². The van der Waals surface area contributed by atoms with Gasteiger partial charge in [-0.2, -0.15) is 0 Å². The molecule has 11 atom stereocenters. The summed E-state index contributed by atoms with van der Waals surface area (Å²) in [5.74, 6) is -6.91. The van der Waals surface area contributed by atoms with Crippen LogP contribution in [-0.2, 0) is 47.6 Å². The Balaban J connectivity index is 1.75. The van der Waals surface area contributed by atoms with Gasteiger partial charge >= 0.3 is 30.0 Å². The van der Waals surface area contributed by atoms with Crippen LogP contribution in [-0.4, -0.2) is 131 Å². The maximum absolute atomic E-state index is 15.5. The fraction of sp³-hybridized carbons (Fsp3) is 0.667. The van der Waals surface area contributed by atoms with Gasteiger partial charge in [-0.1, -0.05) is 26.8 Å². The first-order valence-electron chi connectivity index (χ1n) is 19.9. The lowest BCUT2D eigenvalue weighted by atomic mass is 9.44. The predicted octanol–water partition coefficient (Wildman–Crippen LogP) is 3.12. The highest BCUT2D eigenvalue weighted by atomic mass is 19.3. The van der Waals surface area contributed by atoms with E-state index in [0.717, 1.165) is 6.92 Å². The average molecular weight is 868 g/mol. The van der Waals surface area contributed by atoms with Crippen LogP contribution in [0.2, 0.25) is 0 Å². The lowest BCUT2D eigenvalue weighted by molar-refractivity contribution is -0.346. The van der Waals surface area contributed by atoms with Crippen molar-refractivity contribution in [2.75, 3.05) is 13.7 Å². The molecule has 3 fully saturated rings. The second kappa shape index (κ2) is 16.9. The highest BCUT2D eigenvalue weighted by Gasteiger charge is 2.78. The molecule has 1 amide bonds. The molecule has 1 aromatic carbocycles. The van der Waals surface area contributed by atoms with E-state index in [1.165, 1.54) is 80.7 Å². The molecule has 1 saturated heterocycles. The Hall–Kier alpha value is -4.72. The van der Waals surface area contributed by atoms with E-state index in [4.69, 9.17) is 33.2 Å². The molecule has 4 aliphatic rings. The molecule has 3 aliphatic carbocycles. The van der Waals surface area contributed by atoms with E-state index in [1.807, 2.05) is 0 Å². The molecule has 19 heteroatoms. The van der Waals surface area contributed by atoms with Crippen LogP contribution in [0.3, 0.4) is 0 Å². The molecule has 5 rings (SSSR count). The molecule has 0 unspecified atom stereocenters. The topological polar surface area (TPSA) is 240 Å². The number of hydrogen-bond acceptors (Lipinski definition) is 16. The number of carbonyl (C=O) groups is 6. The zero-order valence-electron chi connectivity index (χ0n) is 35.7. The van der Waals surface area contributed by atoms with Crippen molar-refractivity contribution in [2.45, 2.75) is 147 Å². The number of aliphatic hydroxyl groups excluding tert-OH is 2. The molecule has 1 heterocycles. The number of methoxy groups -OCH3 is 1. The summed E-state index contributed by atoms with van der Waals surface area (Å²) in [6.07, 6.45) is -17.3. The number of benzene rings is 1. The van der Waals surface area contributed by atoms with Gasteiger partial charge in [0.15, 0.2) is 23.6 Å². The van der Waals surface area contributed by atoms with Gasteiger partial charge in [0.05, 0.1) is 36.7 Å². The number of amides is 1. The Bertz CT molecular complexity index is 1960. The molecule has 338 valence electrons. The van der Waals surface area contributed by atoms with E-state index in [2.05, 4.69) is 0 Å². The highest BCUT2D eigenvalue weighted by molar-refractivity contribution is 5.96. The van der Waals surface area contributed by atoms with Crippen LogP contribution in [0, 0.1) is 16.7 Å². The minimum atomic E-state index is -3.53. The van der Waals surface area contributed by atoms with Gasteiger partial charge in [-0.3, -0.25) is 14.4 Å². The van der Waals surface area contributed by atoms with Crippen LogP contribution in [0.25, 0.3) is 0 Å². The molecular formula is C42H55F2NO16. The van der Waals surface area contributed by atoms with Crippen LogP contribution < -0.4 is 10.1 Å². The van der Waals surface area contributed by atoms with Crippen molar-refractivity contribution in [3.8, 4) is 5.75 Å². The normalized spacial score (nSPS) is 32.6. The van der Waals surface area contributed by atoms with Crippen molar-refractivity contribution >= 4 is 35.8 Å². The number of ketones is 1. The first-order chi connectivity index (χ1) is 28.2. The van der Waals surface area contributed by atoms with Crippen LogP contribution in [0.4, 0.5) is 13.6 Å². The van der Waals surface area contributed by atoms with E-state index in [1.54, 1.807) is 11.4 Å². The number of halogens is 2. The van der Waals surface area contributed by atoms with Gasteiger partial charge in [-0.15, -0.1) is 0 Å². The minimum absolute atomic E-state index is 0.0176. The van der Waals surface area contributed by atoms with Crippen molar-refractivity contribution in [1.29, 1.82) is 0 Å². The summed E-state index contributed by atoms with van der Waals surface area (Å²) in [4.78, 5) is 82.2. The fourth-order valence-electron chi connectivity index (χ4n) is 9.32. The number of Topliss-reactive ketones (excluding diaryl/α,β-unsaturated/α-hetero) is 1. The molecule has 1 aliphatic heterocycles. The molecule has 61 heavy (non-hydrogen) atoms. The molecule has 0 aromatic heterocycles. The third kappa shape index (κ3) is 8.33. The molecule has 17 nitrogen and oxygen atoms in total. The number of nitrogens with one attached hydrogen (secondary N) is 1. The largest absolute Gasteiger partial charge is 0.497 e. The highest BCUT2D eigenvalue weighted by Crippen LogP contribution is 2.64. The Morgan fingerprint density at radius 1 is 1.07 bits per heavy atom.